The van der Waals surface area contributed by atoms with Gasteiger partial charge in [-0.25, -0.2) is 0 Å². The highest BCUT2D eigenvalue weighted by molar-refractivity contribution is 5.51. The van der Waals surface area contributed by atoms with Gasteiger partial charge in [0.2, 0.25) is 0 Å². The molecule has 0 aliphatic rings. The molecule has 0 bridgehead atoms. The molecule has 2 rings (SSSR count). The first-order valence-electron chi connectivity index (χ1n) is 6.57. The first-order valence-corrected chi connectivity index (χ1v) is 6.57. The van der Waals surface area contributed by atoms with Crippen LogP contribution >= 0.6 is 0 Å². The summed E-state index contributed by atoms with van der Waals surface area (Å²) in [6.45, 7) is 3.91. The maximum absolute atomic E-state index is 5.64. The lowest BCUT2D eigenvalue weighted by atomic mass is 9.97. The summed E-state index contributed by atoms with van der Waals surface area (Å²) < 4.78 is 16.6. The molecule has 0 fully saturated rings. The van der Waals surface area contributed by atoms with Gasteiger partial charge in [0.1, 0.15) is 23.0 Å². The summed E-state index contributed by atoms with van der Waals surface area (Å²) in [7, 11) is 5.25. The van der Waals surface area contributed by atoms with E-state index in [0.717, 1.165) is 34.1 Å². The summed E-state index contributed by atoms with van der Waals surface area (Å²) in [6, 6.07) is 7.79. The second-order valence-corrected chi connectivity index (χ2v) is 4.67. The Hall–Kier alpha value is -1.94. The monoisotopic (exact) mass is 275 g/mol. The van der Waals surface area contributed by atoms with E-state index in [1.54, 1.807) is 14.2 Å². The maximum Gasteiger partial charge on any atom is 0.127 e. The number of aryl methyl sites for hydroxylation is 2. The number of furan rings is 1. The van der Waals surface area contributed by atoms with E-state index < -0.39 is 0 Å². The van der Waals surface area contributed by atoms with Gasteiger partial charge in [0, 0.05) is 5.56 Å². The molecule has 1 unspecified atom stereocenters. The Labute approximate surface area is 119 Å². The molecule has 1 aromatic carbocycles. The van der Waals surface area contributed by atoms with E-state index in [4.69, 9.17) is 13.9 Å². The van der Waals surface area contributed by atoms with Crippen molar-refractivity contribution in [3.05, 3.63) is 46.9 Å². The topological polar surface area (TPSA) is 43.6 Å². The highest BCUT2D eigenvalue weighted by Crippen LogP contribution is 2.38. The minimum Gasteiger partial charge on any atom is -0.496 e. The number of nitrogens with one attached hydrogen (secondary N) is 1. The Balaban J connectivity index is 2.59. The molecule has 4 nitrogen and oxygen atoms in total. The number of hydrogen-bond donors (Lipinski definition) is 1. The Bertz CT molecular complexity index is 567. The number of rotatable bonds is 5. The normalized spacial score (nSPS) is 12.2. The summed E-state index contributed by atoms with van der Waals surface area (Å²) in [6.07, 6.45) is 0. The molecular weight excluding hydrogens is 254 g/mol. The second kappa shape index (κ2) is 6.01. The van der Waals surface area contributed by atoms with Crippen LogP contribution in [0.3, 0.4) is 0 Å². The highest BCUT2D eigenvalue weighted by Gasteiger charge is 2.24. The average molecular weight is 275 g/mol. The van der Waals surface area contributed by atoms with Crippen LogP contribution in [-0.2, 0) is 0 Å². The zero-order valence-electron chi connectivity index (χ0n) is 12.6. The molecule has 1 aromatic heterocycles. The number of benzene rings is 1. The summed E-state index contributed by atoms with van der Waals surface area (Å²) in [4.78, 5) is 0. The molecule has 0 spiro atoms. The molecule has 0 aliphatic carbocycles. The smallest absolute Gasteiger partial charge is 0.127 e. The lowest BCUT2D eigenvalue weighted by Crippen LogP contribution is -2.19. The van der Waals surface area contributed by atoms with Gasteiger partial charge < -0.3 is 19.2 Å². The molecule has 20 heavy (non-hydrogen) atoms. The second-order valence-electron chi connectivity index (χ2n) is 4.67. The first-order chi connectivity index (χ1) is 9.62. The molecule has 1 N–H and O–H groups in total. The van der Waals surface area contributed by atoms with Crippen LogP contribution in [0.4, 0.5) is 0 Å². The van der Waals surface area contributed by atoms with Crippen molar-refractivity contribution >= 4 is 0 Å². The first kappa shape index (κ1) is 14.5. The van der Waals surface area contributed by atoms with Gasteiger partial charge in [0.05, 0.1) is 25.8 Å². The largest absolute Gasteiger partial charge is 0.496 e. The van der Waals surface area contributed by atoms with E-state index in [-0.39, 0.29) is 6.04 Å². The minimum absolute atomic E-state index is 0.0430. The van der Waals surface area contributed by atoms with Gasteiger partial charge >= 0.3 is 0 Å². The molecule has 1 heterocycles. The summed E-state index contributed by atoms with van der Waals surface area (Å²) in [5, 5.41) is 3.32. The number of hydrogen-bond acceptors (Lipinski definition) is 4. The van der Waals surface area contributed by atoms with Crippen LogP contribution in [0, 0.1) is 13.8 Å². The van der Waals surface area contributed by atoms with Gasteiger partial charge in [-0.15, -0.1) is 0 Å². The lowest BCUT2D eigenvalue weighted by Gasteiger charge is -2.21. The van der Waals surface area contributed by atoms with Crippen LogP contribution in [0.5, 0.6) is 11.5 Å². The Kier molecular flexibility index (Phi) is 4.35. The van der Waals surface area contributed by atoms with Crippen molar-refractivity contribution in [1.29, 1.82) is 0 Å². The van der Waals surface area contributed by atoms with Gasteiger partial charge in [0.25, 0.3) is 0 Å². The summed E-state index contributed by atoms with van der Waals surface area (Å²) >= 11 is 0. The van der Waals surface area contributed by atoms with Crippen LogP contribution in [-0.4, -0.2) is 21.3 Å². The molecule has 0 amide bonds. The van der Waals surface area contributed by atoms with Gasteiger partial charge in [-0.3, -0.25) is 0 Å². The van der Waals surface area contributed by atoms with Crippen LogP contribution in [0.2, 0.25) is 0 Å². The van der Waals surface area contributed by atoms with Crippen molar-refractivity contribution < 1.29 is 13.9 Å². The van der Waals surface area contributed by atoms with Crippen LogP contribution < -0.4 is 14.8 Å². The van der Waals surface area contributed by atoms with Crippen LogP contribution in [0.1, 0.15) is 28.7 Å². The third-order valence-corrected chi connectivity index (χ3v) is 3.43. The van der Waals surface area contributed by atoms with Crippen LogP contribution in [0.25, 0.3) is 0 Å². The number of methoxy groups -OCH3 is 2. The van der Waals surface area contributed by atoms with Crippen molar-refractivity contribution in [2.24, 2.45) is 0 Å². The van der Waals surface area contributed by atoms with E-state index in [9.17, 15) is 0 Å². The van der Waals surface area contributed by atoms with Crippen molar-refractivity contribution in [3.8, 4) is 11.5 Å². The predicted molar refractivity (Wildman–Crippen MR) is 78.6 cm³/mol. The van der Waals surface area contributed by atoms with E-state index in [1.807, 2.05) is 45.2 Å². The van der Waals surface area contributed by atoms with E-state index >= 15 is 0 Å². The van der Waals surface area contributed by atoms with E-state index in [1.165, 1.54) is 0 Å². The van der Waals surface area contributed by atoms with Crippen molar-refractivity contribution in [3.63, 3.8) is 0 Å². The Morgan fingerprint density at radius 2 is 1.70 bits per heavy atom. The minimum atomic E-state index is -0.0430. The molecule has 108 valence electrons. The molecule has 4 heteroatoms. The zero-order valence-corrected chi connectivity index (χ0v) is 12.6. The highest BCUT2D eigenvalue weighted by atomic mass is 16.5. The summed E-state index contributed by atoms with van der Waals surface area (Å²) in [5.74, 6) is 3.38. The molecule has 1 atom stereocenters. The predicted octanol–water partition coefficient (Wildman–Crippen LogP) is 3.22. The quantitative estimate of drug-likeness (QED) is 0.910. The van der Waals surface area contributed by atoms with Crippen molar-refractivity contribution in [2.75, 3.05) is 21.3 Å². The van der Waals surface area contributed by atoms with Crippen molar-refractivity contribution in [1.82, 2.24) is 5.32 Å². The van der Waals surface area contributed by atoms with E-state index in [0.29, 0.717) is 0 Å². The van der Waals surface area contributed by atoms with Gasteiger partial charge in [-0.1, -0.05) is 6.07 Å². The molecule has 0 saturated carbocycles. The molecule has 0 saturated heterocycles. The third-order valence-electron chi connectivity index (χ3n) is 3.43. The average Bonchev–Trinajstić information content (AvgIpc) is 2.78. The maximum atomic E-state index is 5.64. The number of ether oxygens (including phenoxy) is 2. The SMILES string of the molecule is CNC(c1cc(C)oc1C)c1c(OC)cccc1OC. The fraction of sp³-hybridized carbons (Fsp3) is 0.375. The van der Waals surface area contributed by atoms with Gasteiger partial charge in [0.15, 0.2) is 0 Å². The fourth-order valence-electron chi connectivity index (χ4n) is 2.56. The van der Waals surface area contributed by atoms with Crippen molar-refractivity contribution in [2.45, 2.75) is 19.9 Å². The zero-order chi connectivity index (χ0) is 14.7. The molecule has 0 aliphatic heterocycles. The van der Waals surface area contributed by atoms with Gasteiger partial charge in [-0.2, -0.15) is 0 Å². The standard InChI is InChI=1S/C16H21NO3/c1-10-9-12(11(2)20-10)16(17-3)15-13(18-4)7-6-8-14(15)19-5/h6-9,16-17H,1-5H3. The molecular formula is C16H21NO3. The van der Waals surface area contributed by atoms with Crippen LogP contribution in [0.15, 0.2) is 28.7 Å². The fourth-order valence-corrected chi connectivity index (χ4v) is 2.56. The lowest BCUT2D eigenvalue weighted by molar-refractivity contribution is 0.378. The molecule has 2 aromatic rings. The Morgan fingerprint density at radius 1 is 1.10 bits per heavy atom. The summed E-state index contributed by atoms with van der Waals surface area (Å²) in [5.41, 5.74) is 2.07. The van der Waals surface area contributed by atoms with E-state index in [2.05, 4.69) is 5.32 Å². The Morgan fingerprint density at radius 3 is 2.10 bits per heavy atom. The van der Waals surface area contributed by atoms with Gasteiger partial charge in [-0.05, 0) is 39.1 Å². The third kappa shape index (κ3) is 2.51. The molecule has 0 radical (unpaired) electrons.